The Morgan fingerprint density at radius 1 is 1.05 bits per heavy atom. The highest BCUT2D eigenvalue weighted by molar-refractivity contribution is 6.30. The molecule has 2 aromatic carbocycles. The van der Waals surface area contributed by atoms with Crippen molar-refractivity contribution in [3.05, 3.63) is 59.1 Å². The van der Waals surface area contributed by atoms with Crippen LogP contribution in [0.15, 0.2) is 48.5 Å². The molecule has 1 N–H and O–H groups in total. The molecule has 2 aromatic rings. The largest absolute Gasteiger partial charge is 0.491 e. The summed E-state index contributed by atoms with van der Waals surface area (Å²) in [7, 11) is 0. The van der Waals surface area contributed by atoms with Gasteiger partial charge in [0.05, 0.1) is 6.61 Å². The predicted octanol–water partition coefficient (Wildman–Crippen LogP) is 4.37. The second-order valence-corrected chi connectivity index (χ2v) is 4.99. The fourth-order valence-electron chi connectivity index (χ4n) is 1.91. The summed E-state index contributed by atoms with van der Waals surface area (Å²) < 4.78 is 10.9. The van der Waals surface area contributed by atoms with Crippen molar-refractivity contribution in [2.75, 3.05) is 25.1 Å². The third kappa shape index (κ3) is 5.66. The van der Waals surface area contributed by atoms with Gasteiger partial charge in [0, 0.05) is 29.9 Å². The Balaban J connectivity index is 1.86. The van der Waals surface area contributed by atoms with E-state index >= 15 is 0 Å². The molecule has 0 bridgehead atoms. The van der Waals surface area contributed by atoms with Crippen molar-refractivity contribution in [3.63, 3.8) is 0 Å². The van der Waals surface area contributed by atoms with Crippen molar-refractivity contribution in [1.82, 2.24) is 0 Å². The van der Waals surface area contributed by atoms with Crippen LogP contribution in [0.2, 0.25) is 5.02 Å². The summed E-state index contributed by atoms with van der Waals surface area (Å²) in [6, 6.07) is 15.7. The van der Waals surface area contributed by atoms with Gasteiger partial charge in [-0.2, -0.15) is 0 Å². The molecule has 0 radical (unpaired) electrons. The highest BCUT2D eigenvalue weighted by Crippen LogP contribution is 2.18. The number of nitrogens with one attached hydrogen (secondary N) is 1. The summed E-state index contributed by atoms with van der Waals surface area (Å²) in [5, 5.41) is 4.11. The van der Waals surface area contributed by atoms with Crippen LogP contribution < -0.4 is 10.1 Å². The maximum Gasteiger partial charge on any atom is 0.121 e. The standard InChI is InChI=1S/C17H20ClNO2/c1-2-20-9-10-21-17-8-4-7-16(12-17)19-13-14-5-3-6-15(18)11-14/h3-8,11-12,19H,2,9-10,13H2,1H3. The van der Waals surface area contributed by atoms with Gasteiger partial charge in [-0.05, 0) is 36.8 Å². The number of hydrogen-bond donors (Lipinski definition) is 1. The smallest absolute Gasteiger partial charge is 0.121 e. The van der Waals surface area contributed by atoms with E-state index in [1.165, 1.54) is 0 Å². The van der Waals surface area contributed by atoms with Crippen LogP contribution in [0.3, 0.4) is 0 Å². The molecule has 0 atom stereocenters. The summed E-state index contributed by atoms with van der Waals surface area (Å²) in [6.45, 7) is 4.58. The highest BCUT2D eigenvalue weighted by atomic mass is 35.5. The van der Waals surface area contributed by atoms with Crippen LogP contribution in [0.1, 0.15) is 12.5 Å². The Hall–Kier alpha value is -1.71. The van der Waals surface area contributed by atoms with Crippen molar-refractivity contribution in [1.29, 1.82) is 0 Å². The highest BCUT2D eigenvalue weighted by Gasteiger charge is 1.98. The van der Waals surface area contributed by atoms with Crippen LogP contribution in [0.25, 0.3) is 0 Å². The predicted molar refractivity (Wildman–Crippen MR) is 87.2 cm³/mol. The van der Waals surface area contributed by atoms with Crippen LogP contribution >= 0.6 is 11.6 Å². The quantitative estimate of drug-likeness (QED) is 0.735. The molecule has 0 aliphatic rings. The average molecular weight is 306 g/mol. The molecule has 0 heterocycles. The molecule has 0 unspecified atom stereocenters. The molecule has 0 amide bonds. The van der Waals surface area contributed by atoms with E-state index in [9.17, 15) is 0 Å². The van der Waals surface area contributed by atoms with Gasteiger partial charge in [-0.3, -0.25) is 0 Å². The minimum atomic E-state index is 0.561. The first-order chi connectivity index (χ1) is 10.3. The molecule has 0 aliphatic carbocycles. The van der Waals surface area contributed by atoms with E-state index < -0.39 is 0 Å². The molecule has 3 nitrogen and oxygen atoms in total. The van der Waals surface area contributed by atoms with Gasteiger partial charge in [0.15, 0.2) is 0 Å². The minimum absolute atomic E-state index is 0.561. The van der Waals surface area contributed by atoms with Gasteiger partial charge >= 0.3 is 0 Å². The summed E-state index contributed by atoms with van der Waals surface area (Å²) in [4.78, 5) is 0. The minimum Gasteiger partial charge on any atom is -0.491 e. The molecular weight excluding hydrogens is 286 g/mol. The Morgan fingerprint density at radius 2 is 1.90 bits per heavy atom. The van der Waals surface area contributed by atoms with E-state index in [1.807, 2.05) is 55.5 Å². The zero-order valence-corrected chi connectivity index (χ0v) is 12.9. The maximum absolute atomic E-state index is 5.98. The van der Waals surface area contributed by atoms with Crippen molar-refractivity contribution < 1.29 is 9.47 Å². The van der Waals surface area contributed by atoms with Crippen molar-refractivity contribution in [2.24, 2.45) is 0 Å². The second-order valence-electron chi connectivity index (χ2n) is 4.56. The molecule has 2 rings (SSSR count). The molecule has 112 valence electrons. The zero-order chi connectivity index (χ0) is 14.9. The van der Waals surface area contributed by atoms with E-state index in [-0.39, 0.29) is 0 Å². The molecule has 0 aliphatic heterocycles. The summed E-state index contributed by atoms with van der Waals surface area (Å²) in [5.41, 5.74) is 2.16. The third-order valence-corrected chi connectivity index (χ3v) is 3.16. The van der Waals surface area contributed by atoms with Gasteiger partial charge in [-0.1, -0.05) is 29.8 Å². The Labute approximate surface area is 130 Å². The fourth-order valence-corrected chi connectivity index (χ4v) is 2.12. The first-order valence-electron chi connectivity index (χ1n) is 7.07. The van der Waals surface area contributed by atoms with Crippen molar-refractivity contribution in [3.8, 4) is 5.75 Å². The molecule has 4 heteroatoms. The second kappa shape index (κ2) is 8.55. The number of rotatable bonds is 8. The zero-order valence-electron chi connectivity index (χ0n) is 12.1. The summed E-state index contributed by atoms with van der Waals surface area (Å²) in [6.07, 6.45) is 0. The van der Waals surface area contributed by atoms with Crippen LogP contribution in [0, 0.1) is 0 Å². The lowest BCUT2D eigenvalue weighted by atomic mass is 10.2. The number of ether oxygens (including phenoxy) is 2. The molecule has 0 saturated heterocycles. The van der Waals surface area contributed by atoms with Gasteiger partial charge in [0.25, 0.3) is 0 Å². The maximum atomic E-state index is 5.98. The third-order valence-electron chi connectivity index (χ3n) is 2.92. The molecule has 0 fully saturated rings. The van der Waals surface area contributed by atoms with Gasteiger partial charge in [-0.15, -0.1) is 0 Å². The lowest BCUT2D eigenvalue weighted by Crippen LogP contribution is -2.06. The molecule has 21 heavy (non-hydrogen) atoms. The molecule has 0 saturated carbocycles. The van der Waals surface area contributed by atoms with E-state index in [0.717, 1.165) is 28.6 Å². The number of anilines is 1. The van der Waals surface area contributed by atoms with Gasteiger partial charge in [0.1, 0.15) is 12.4 Å². The van der Waals surface area contributed by atoms with E-state index in [4.69, 9.17) is 21.1 Å². The van der Waals surface area contributed by atoms with Crippen LogP contribution in [0.5, 0.6) is 5.75 Å². The first-order valence-corrected chi connectivity index (χ1v) is 7.44. The van der Waals surface area contributed by atoms with Crippen LogP contribution in [-0.4, -0.2) is 19.8 Å². The summed E-state index contributed by atoms with van der Waals surface area (Å²) >= 11 is 5.98. The number of benzene rings is 2. The topological polar surface area (TPSA) is 30.5 Å². The Morgan fingerprint density at radius 3 is 2.71 bits per heavy atom. The number of halogens is 1. The van der Waals surface area contributed by atoms with Crippen LogP contribution in [-0.2, 0) is 11.3 Å². The monoisotopic (exact) mass is 305 g/mol. The molecule has 0 spiro atoms. The number of hydrogen-bond acceptors (Lipinski definition) is 3. The van der Waals surface area contributed by atoms with Crippen molar-refractivity contribution in [2.45, 2.75) is 13.5 Å². The first kappa shape index (κ1) is 15.7. The van der Waals surface area contributed by atoms with Crippen molar-refractivity contribution >= 4 is 17.3 Å². The summed E-state index contributed by atoms with van der Waals surface area (Å²) in [5.74, 6) is 0.839. The van der Waals surface area contributed by atoms with Gasteiger partial charge in [0.2, 0.25) is 0 Å². The lowest BCUT2D eigenvalue weighted by Gasteiger charge is -2.10. The molecule has 0 aromatic heterocycles. The van der Waals surface area contributed by atoms with E-state index in [2.05, 4.69) is 5.32 Å². The van der Waals surface area contributed by atoms with Gasteiger partial charge < -0.3 is 14.8 Å². The fraction of sp³-hybridized carbons (Fsp3) is 0.294. The van der Waals surface area contributed by atoms with Gasteiger partial charge in [-0.25, -0.2) is 0 Å². The Kier molecular flexibility index (Phi) is 6.38. The lowest BCUT2D eigenvalue weighted by molar-refractivity contribution is 0.110. The SMILES string of the molecule is CCOCCOc1cccc(NCc2cccc(Cl)c2)c1. The normalized spacial score (nSPS) is 10.4. The van der Waals surface area contributed by atoms with Crippen LogP contribution in [0.4, 0.5) is 5.69 Å². The molecular formula is C17H20ClNO2. The van der Waals surface area contributed by atoms with E-state index in [0.29, 0.717) is 19.8 Å². The van der Waals surface area contributed by atoms with E-state index in [1.54, 1.807) is 0 Å². The Bertz CT molecular complexity index is 560. The average Bonchev–Trinajstić information content (AvgIpc) is 2.50.